The highest BCUT2D eigenvalue weighted by molar-refractivity contribution is 5.39. The van der Waals surface area contributed by atoms with Gasteiger partial charge in [0.25, 0.3) is 0 Å². The molecular formula is C16H27N3O. The van der Waals surface area contributed by atoms with Crippen LogP contribution in [0.1, 0.15) is 70.5 Å². The Balaban J connectivity index is 1.94. The standard InChI is InChI=1S/C16H27N3O/c1-3-5-7-10-17-14-12-15(20-11-6-4-2)19-16(18-14)13-8-9-13/h12-13H,3-11H2,1-2H3,(H,17,18,19). The Labute approximate surface area is 122 Å². The van der Waals surface area contributed by atoms with Gasteiger partial charge in [0, 0.05) is 18.5 Å². The molecular weight excluding hydrogens is 250 g/mol. The lowest BCUT2D eigenvalue weighted by atomic mass is 10.2. The predicted octanol–water partition coefficient (Wildman–Crippen LogP) is 4.14. The zero-order chi connectivity index (χ0) is 14.2. The number of unbranched alkanes of at least 4 members (excludes halogenated alkanes) is 3. The van der Waals surface area contributed by atoms with Crippen LogP contribution >= 0.6 is 0 Å². The molecule has 0 amide bonds. The van der Waals surface area contributed by atoms with Crippen LogP contribution in [0.5, 0.6) is 5.88 Å². The lowest BCUT2D eigenvalue weighted by Gasteiger charge is -2.10. The molecule has 4 nitrogen and oxygen atoms in total. The molecule has 0 aliphatic heterocycles. The summed E-state index contributed by atoms with van der Waals surface area (Å²) in [4.78, 5) is 9.16. The highest BCUT2D eigenvalue weighted by atomic mass is 16.5. The molecule has 1 aromatic heterocycles. The maximum absolute atomic E-state index is 5.74. The molecule has 0 bridgehead atoms. The van der Waals surface area contributed by atoms with Crippen molar-refractivity contribution < 1.29 is 4.74 Å². The number of anilines is 1. The van der Waals surface area contributed by atoms with Gasteiger partial charge in [-0.1, -0.05) is 33.1 Å². The first-order chi connectivity index (χ1) is 9.83. The van der Waals surface area contributed by atoms with Crippen molar-refractivity contribution >= 4 is 5.82 Å². The van der Waals surface area contributed by atoms with Crippen LogP contribution in [0.3, 0.4) is 0 Å². The van der Waals surface area contributed by atoms with Crippen molar-refractivity contribution in [3.05, 3.63) is 11.9 Å². The summed E-state index contributed by atoms with van der Waals surface area (Å²) < 4.78 is 5.74. The van der Waals surface area contributed by atoms with E-state index in [1.807, 2.05) is 6.07 Å². The molecule has 4 heteroatoms. The summed E-state index contributed by atoms with van der Waals surface area (Å²) in [6.45, 7) is 6.10. The summed E-state index contributed by atoms with van der Waals surface area (Å²) in [5.74, 6) is 3.16. The Bertz CT molecular complexity index is 405. The molecule has 0 spiro atoms. The van der Waals surface area contributed by atoms with Gasteiger partial charge in [0.05, 0.1) is 6.61 Å². The highest BCUT2D eigenvalue weighted by Crippen LogP contribution is 2.39. The van der Waals surface area contributed by atoms with E-state index in [2.05, 4.69) is 29.1 Å². The molecule has 1 aromatic rings. The van der Waals surface area contributed by atoms with Gasteiger partial charge in [-0.2, -0.15) is 4.98 Å². The highest BCUT2D eigenvalue weighted by Gasteiger charge is 2.27. The van der Waals surface area contributed by atoms with Crippen LogP contribution < -0.4 is 10.1 Å². The molecule has 0 saturated heterocycles. The summed E-state index contributed by atoms with van der Waals surface area (Å²) in [6.07, 6.45) is 8.33. The molecule has 1 aliphatic rings. The molecule has 0 radical (unpaired) electrons. The lowest BCUT2D eigenvalue weighted by Crippen LogP contribution is -2.08. The second-order valence-corrected chi connectivity index (χ2v) is 5.56. The van der Waals surface area contributed by atoms with Crippen molar-refractivity contribution in [1.82, 2.24) is 9.97 Å². The molecule has 1 aliphatic carbocycles. The second-order valence-electron chi connectivity index (χ2n) is 5.56. The lowest BCUT2D eigenvalue weighted by molar-refractivity contribution is 0.296. The first-order valence-electron chi connectivity index (χ1n) is 8.09. The van der Waals surface area contributed by atoms with E-state index >= 15 is 0 Å². The molecule has 1 N–H and O–H groups in total. The molecule has 112 valence electrons. The van der Waals surface area contributed by atoms with Crippen LogP contribution in [0.4, 0.5) is 5.82 Å². The average Bonchev–Trinajstić information content (AvgIpc) is 3.28. The van der Waals surface area contributed by atoms with Crippen molar-refractivity contribution in [3.8, 4) is 5.88 Å². The third-order valence-electron chi connectivity index (χ3n) is 3.50. The minimum Gasteiger partial charge on any atom is -0.478 e. The number of ether oxygens (including phenoxy) is 1. The van der Waals surface area contributed by atoms with Crippen LogP contribution in [0, 0.1) is 0 Å². The Morgan fingerprint density at radius 1 is 1.15 bits per heavy atom. The molecule has 1 fully saturated rings. The van der Waals surface area contributed by atoms with Gasteiger partial charge < -0.3 is 10.1 Å². The minimum absolute atomic E-state index is 0.556. The molecule has 20 heavy (non-hydrogen) atoms. The van der Waals surface area contributed by atoms with E-state index in [0.29, 0.717) is 5.92 Å². The number of hydrogen-bond acceptors (Lipinski definition) is 4. The fourth-order valence-electron chi connectivity index (χ4n) is 2.04. The SMILES string of the molecule is CCCCCNc1cc(OCCCC)nc(C2CC2)n1. The van der Waals surface area contributed by atoms with E-state index in [4.69, 9.17) is 4.74 Å². The quantitative estimate of drug-likeness (QED) is 0.653. The number of rotatable bonds is 10. The third kappa shape index (κ3) is 4.99. The zero-order valence-electron chi connectivity index (χ0n) is 12.8. The van der Waals surface area contributed by atoms with E-state index in [1.165, 1.54) is 32.1 Å². The van der Waals surface area contributed by atoms with Gasteiger partial charge in [0.1, 0.15) is 11.6 Å². The van der Waals surface area contributed by atoms with Gasteiger partial charge in [-0.25, -0.2) is 4.98 Å². The van der Waals surface area contributed by atoms with Crippen molar-refractivity contribution in [1.29, 1.82) is 0 Å². The molecule has 1 saturated carbocycles. The third-order valence-corrected chi connectivity index (χ3v) is 3.50. The molecule has 0 unspecified atom stereocenters. The normalized spacial score (nSPS) is 14.3. The number of nitrogens with one attached hydrogen (secondary N) is 1. The summed E-state index contributed by atoms with van der Waals surface area (Å²) in [5, 5.41) is 3.40. The molecule has 0 atom stereocenters. The first-order valence-corrected chi connectivity index (χ1v) is 8.09. The Morgan fingerprint density at radius 3 is 2.65 bits per heavy atom. The van der Waals surface area contributed by atoms with Crippen molar-refractivity contribution in [2.45, 2.75) is 64.7 Å². The van der Waals surface area contributed by atoms with Crippen molar-refractivity contribution in [3.63, 3.8) is 0 Å². The zero-order valence-corrected chi connectivity index (χ0v) is 12.8. The van der Waals surface area contributed by atoms with Crippen LogP contribution in [0.15, 0.2) is 6.07 Å². The van der Waals surface area contributed by atoms with Gasteiger partial charge in [0.2, 0.25) is 5.88 Å². The predicted molar refractivity (Wildman–Crippen MR) is 82.4 cm³/mol. The maximum atomic E-state index is 5.74. The number of nitrogens with zero attached hydrogens (tertiary/aromatic N) is 2. The maximum Gasteiger partial charge on any atom is 0.218 e. The monoisotopic (exact) mass is 277 g/mol. The molecule has 1 heterocycles. The van der Waals surface area contributed by atoms with E-state index in [9.17, 15) is 0 Å². The molecule has 2 rings (SSSR count). The van der Waals surface area contributed by atoms with Crippen LogP contribution in [0.25, 0.3) is 0 Å². The van der Waals surface area contributed by atoms with Crippen LogP contribution in [-0.2, 0) is 0 Å². The summed E-state index contributed by atoms with van der Waals surface area (Å²) in [7, 11) is 0. The van der Waals surface area contributed by atoms with E-state index in [0.717, 1.165) is 43.5 Å². The Hall–Kier alpha value is -1.32. The number of aromatic nitrogens is 2. The Kier molecular flexibility index (Phi) is 6.09. The van der Waals surface area contributed by atoms with Gasteiger partial charge in [-0.3, -0.25) is 0 Å². The van der Waals surface area contributed by atoms with Gasteiger partial charge >= 0.3 is 0 Å². The van der Waals surface area contributed by atoms with Gasteiger partial charge in [-0.15, -0.1) is 0 Å². The summed E-state index contributed by atoms with van der Waals surface area (Å²) in [6, 6.07) is 1.94. The topological polar surface area (TPSA) is 47.0 Å². The van der Waals surface area contributed by atoms with Crippen molar-refractivity contribution in [2.24, 2.45) is 0 Å². The smallest absolute Gasteiger partial charge is 0.218 e. The molecule has 0 aromatic carbocycles. The first kappa shape index (κ1) is 15.1. The van der Waals surface area contributed by atoms with E-state index in [-0.39, 0.29) is 0 Å². The van der Waals surface area contributed by atoms with Gasteiger partial charge in [-0.05, 0) is 25.7 Å². The average molecular weight is 277 g/mol. The van der Waals surface area contributed by atoms with Gasteiger partial charge in [0.15, 0.2) is 0 Å². The number of hydrogen-bond donors (Lipinski definition) is 1. The van der Waals surface area contributed by atoms with Crippen LogP contribution in [0.2, 0.25) is 0 Å². The van der Waals surface area contributed by atoms with E-state index in [1.54, 1.807) is 0 Å². The Morgan fingerprint density at radius 2 is 1.95 bits per heavy atom. The van der Waals surface area contributed by atoms with Crippen molar-refractivity contribution in [2.75, 3.05) is 18.5 Å². The summed E-state index contributed by atoms with van der Waals surface area (Å²) >= 11 is 0. The minimum atomic E-state index is 0.556. The fourth-order valence-corrected chi connectivity index (χ4v) is 2.04. The largest absolute Gasteiger partial charge is 0.478 e. The fraction of sp³-hybridized carbons (Fsp3) is 0.750. The van der Waals surface area contributed by atoms with E-state index < -0.39 is 0 Å². The second kappa shape index (κ2) is 8.08. The summed E-state index contributed by atoms with van der Waals surface area (Å²) in [5.41, 5.74) is 0. The van der Waals surface area contributed by atoms with Crippen LogP contribution in [-0.4, -0.2) is 23.1 Å².